The number of benzene rings is 1. The lowest BCUT2D eigenvalue weighted by Crippen LogP contribution is -2.23. The molecule has 2 aromatic rings. The fourth-order valence-corrected chi connectivity index (χ4v) is 3.26. The molecule has 0 saturated heterocycles. The van der Waals surface area contributed by atoms with Crippen LogP contribution < -0.4 is 10.5 Å². The Kier molecular flexibility index (Phi) is 6.70. The van der Waals surface area contributed by atoms with E-state index < -0.39 is 0 Å². The summed E-state index contributed by atoms with van der Waals surface area (Å²) in [6.07, 6.45) is 0.916. The van der Waals surface area contributed by atoms with E-state index in [4.69, 9.17) is 10.5 Å². The highest BCUT2D eigenvalue weighted by atomic mass is 79.9. The molecule has 0 atom stereocenters. The molecule has 1 aromatic heterocycles. The van der Waals surface area contributed by atoms with E-state index in [9.17, 15) is 0 Å². The minimum Gasteiger partial charge on any atom is -0.492 e. The molecule has 0 unspecified atom stereocenters. The SMILES string of the molecule is CN(CCOc1ccc(CCN)cc1)Cc1csc(Br)c1. The normalized spacial score (nSPS) is 11.0. The first-order valence-corrected chi connectivity index (χ1v) is 8.68. The van der Waals surface area contributed by atoms with Crippen molar-refractivity contribution in [2.45, 2.75) is 13.0 Å². The molecular weight excluding hydrogens is 348 g/mol. The van der Waals surface area contributed by atoms with Crippen LogP contribution in [-0.4, -0.2) is 31.6 Å². The van der Waals surface area contributed by atoms with Gasteiger partial charge in [-0.2, -0.15) is 0 Å². The summed E-state index contributed by atoms with van der Waals surface area (Å²) in [6.45, 7) is 3.22. The second-order valence-electron chi connectivity index (χ2n) is 5.03. The van der Waals surface area contributed by atoms with Crippen LogP contribution in [0, 0.1) is 0 Å². The molecule has 1 heterocycles. The highest BCUT2D eigenvalue weighted by Crippen LogP contribution is 2.21. The second-order valence-corrected chi connectivity index (χ2v) is 7.32. The van der Waals surface area contributed by atoms with Gasteiger partial charge < -0.3 is 10.5 Å². The van der Waals surface area contributed by atoms with E-state index in [-0.39, 0.29) is 0 Å². The van der Waals surface area contributed by atoms with Crippen molar-refractivity contribution >= 4 is 27.3 Å². The average Bonchev–Trinajstić information content (AvgIpc) is 2.86. The van der Waals surface area contributed by atoms with E-state index in [1.807, 2.05) is 12.1 Å². The quantitative estimate of drug-likeness (QED) is 0.774. The number of nitrogens with two attached hydrogens (primary N) is 1. The summed E-state index contributed by atoms with van der Waals surface area (Å²) in [5, 5.41) is 2.18. The van der Waals surface area contributed by atoms with Gasteiger partial charge in [0.25, 0.3) is 0 Å². The maximum absolute atomic E-state index is 5.77. The Morgan fingerprint density at radius 1 is 1.24 bits per heavy atom. The van der Waals surface area contributed by atoms with Gasteiger partial charge in [0.1, 0.15) is 12.4 Å². The first-order valence-electron chi connectivity index (χ1n) is 7.00. The van der Waals surface area contributed by atoms with Crippen molar-refractivity contribution in [1.29, 1.82) is 0 Å². The number of ether oxygens (including phenoxy) is 1. The Labute approximate surface area is 138 Å². The van der Waals surface area contributed by atoms with Crippen molar-refractivity contribution in [3.8, 4) is 5.75 Å². The zero-order valence-corrected chi connectivity index (χ0v) is 14.6. The molecule has 0 aliphatic rings. The van der Waals surface area contributed by atoms with Gasteiger partial charge in [-0.05, 0) is 70.6 Å². The minimum atomic E-state index is 0.684. The van der Waals surface area contributed by atoms with Gasteiger partial charge in [-0.3, -0.25) is 4.90 Å². The molecule has 114 valence electrons. The van der Waals surface area contributed by atoms with E-state index in [2.05, 4.69) is 51.5 Å². The largest absolute Gasteiger partial charge is 0.492 e. The fourth-order valence-electron chi connectivity index (χ4n) is 2.06. The summed E-state index contributed by atoms with van der Waals surface area (Å²) >= 11 is 5.21. The predicted octanol–water partition coefficient (Wildman–Crippen LogP) is 3.52. The molecule has 5 heteroatoms. The van der Waals surface area contributed by atoms with Crippen LogP contribution in [-0.2, 0) is 13.0 Å². The predicted molar refractivity (Wildman–Crippen MR) is 93.0 cm³/mol. The highest BCUT2D eigenvalue weighted by Gasteiger charge is 2.03. The molecule has 0 spiro atoms. The minimum absolute atomic E-state index is 0.684. The number of hydrogen-bond acceptors (Lipinski definition) is 4. The van der Waals surface area contributed by atoms with Gasteiger partial charge in [-0.15, -0.1) is 11.3 Å². The molecule has 0 saturated carbocycles. The average molecular weight is 369 g/mol. The van der Waals surface area contributed by atoms with Crippen molar-refractivity contribution in [3.05, 3.63) is 50.6 Å². The zero-order valence-electron chi connectivity index (χ0n) is 12.2. The summed E-state index contributed by atoms with van der Waals surface area (Å²) in [7, 11) is 2.11. The lowest BCUT2D eigenvalue weighted by molar-refractivity contribution is 0.233. The van der Waals surface area contributed by atoms with Crippen molar-refractivity contribution in [1.82, 2.24) is 4.90 Å². The maximum Gasteiger partial charge on any atom is 0.119 e. The van der Waals surface area contributed by atoms with Gasteiger partial charge in [0.05, 0.1) is 3.79 Å². The van der Waals surface area contributed by atoms with Crippen LogP contribution in [0.4, 0.5) is 0 Å². The Bertz CT molecular complexity index is 541. The molecule has 0 fully saturated rings. The topological polar surface area (TPSA) is 38.5 Å². The molecule has 0 bridgehead atoms. The molecular formula is C16H21BrN2OS. The summed E-state index contributed by atoms with van der Waals surface area (Å²) in [5.41, 5.74) is 8.13. The lowest BCUT2D eigenvalue weighted by Gasteiger charge is -2.16. The van der Waals surface area contributed by atoms with Crippen molar-refractivity contribution in [2.75, 3.05) is 26.7 Å². The molecule has 3 nitrogen and oxygen atoms in total. The zero-order chi connectivity index (χ0) is 15.1. The Hall–Kier alpha value is -0.880. The fraction of sp³-hybridized carbons (Fsp3) is 0.375. The molecule has 0 aliphatic carbocycles. The third-order valence-electron chi connectivity index (χ3n) is 3.17. The number of hydrogen-bond donors (Lipinski definition) is 1. The van der Waals surface area contributed by atoms with Gasteiger partial charge in [-0.1, -0.05) is 12.1 Å². The van der Waals surface area contributed by atoms with Gasteiger partial charge in [0, 0.05) is 13.1 Å². The van der Waals surface area contributed by atoms with E-state index in [0.717, 1.165) is 25.3 Å². The van der Waals surface area contributed by atoms with Gasteiger partial charge in [0.15, 0.2) is 0 Å². The van der Waals surface area contributed by atoms with Crippen LogP contribution in [0.1, 0.15) is 11.1 Å². The summed E-state index contributed by atoms with van der Waals surface area (Å²) in [4.78, 5) is 2.26. The van der Waals surface area contributed by atoms with E-state index >= 15 is 0 Å². The van der Waals surface area contributed by atoms with Gasteiger partial charge in [0.2, 0.25) is 0 Å². The standard InChI is InChI=1S/C16H21BrN2OS/c1-19(11-14-10-16(17)21-12-14)8-9-20-15-4-2-13(3-5-15)6-7-18/h2-5,10,12H,6-9,11,18H2,1H3. The Morgan fingerprint density at radius 2 is 2.00 bits per heavy atom. The Morgan fingerprint density at radius 3 is 2.62 bits per heavy atom. The highest BCUT2D eigenvalue weighted by molar-refractivity contribution is 9.11. The van der Waals surface area contributed by atoms with Crippen LogP contribution in [0.25, 0.3) is 0 Å². The summed E-state index contributed by atoms with van der Waals surface area (Å²) in [5.74, 6) is 0.919. The first kappa shape index (κ1) is 16.5. The van der Waals surface area contributed by atoms with Crippen LogP contribution in [0.5, 0.6) is 5.75 Å². The molecule has 0 amide bonds. The Balaban J connectivity index is 1.70. The van der Waals surface area contributed by atoms with E-state index in [1.54, 1.807) is 11.3 Å². The number of likely N-dealkylation sites (N-methyl/N-ethyl adjacent to an activating group) is 1. The monoisotopic (exact) mass is 368 g/mol. The summed E-state index contributed by atoms with van der Waals surface area (Å²) in [6, 6.07) is 10.4. The smallest absolute Gasteiger partial charge is 0.119 e. The number of nitrogens with zero attached hydrogens (tertiary/aromatic N) is 1. The molecule has 2 rings (SSSR count). The lowest BCUT2D eigenvalue weighted by atomic mass is 10.1. The molecule has 0 radical (unpaired) electrons. The van der Waals surface area contributed by atoms with E-state index in [1.165, 1.54) is 14.9 Å². The molecule has 2 N–H and O–H groups in total. The van der Waals surface area contributed by atoms with Crippen LogP contribution in [0.2, 0.25) is 0 Å². The molecule has 1 aromatic carbocycles. The van der Waals surface area contributed by atoms with Crippen molar-refractivity contribution < 1.29 is 4.74 Å². The number of halogens is 1. The second kappa shape index (κ2) is 8.54. The van der Waals surface area contributed by atoms with E-state index in [0.29, 0.717) is 13.2 Å². The van der Waals surface area contributed by atoms with Crippen molar-refractivity contribution in [2.24, 2.45) is 5.73 Å². The van der Waals surface area contributed by atoms with Gasteiger partial charge >= 0.3 is 0 Å². The van der Waals surface area contributed by atoms with Crippen molar-refractivity contribution in [3.63, 3.8) is 0 Å². The van der Waals surface area contributed by atoms with Gasteiger partial charge in [-0.25, -0.2) is 0 Å². The third kappa shape index (κ3) is 5.79. The maximum atomic E-state index is 5.77. The third-order valence-corrected chi connectivity index (χ3v) is 4.73. The first-order chi connectivity index (χ1) is 10.2. The molecule has 21 heavy (non-hydrogen) atoms. The van der Waals surface area contributed by atoms with Crippen LogP contribution >= 0.6 is 27.3 Å². The number of rotatable bonds is 8. The van der Waals surface area contributed by atoms with Crippen LogP contribution in [0.15, 0.2) is 39.5 Å². The summed E-state index contributed by atoms with van der Waals surface area (Å²) < 4.78 is 6.95. The van der Waals surface area contributed by atoms with Crippen LogP contribution in [0.3, 0.4) is 0 Å². The number of thiophene rings is 1. The molecule has 0 aliphatic heterocycles.